The second-order valence-electron chi connectivity index (χ2n) is 4.38. The van der Waals surface area contributed by atoms with Gasteiger partial charge < -0.3 is 10.1 Å². The van der Waals surface area contributed by atoms with Crippen molar-refractivity contribution in [2.75, 3.05) is 13.7 Å². The van der Waals surface area contributed by atoms with Gasteiger partial charge in [-0.2, -0.15) is 0 Å². The van der Waals surface area contributed by atoms with Gasteiger partial charge in [0.05, 0.1) is 5.69 Å². The van der Waals surface area contributed by atoms with Crippen molar-refractivity contribution in [1.29, 1.82) is 0 Å². The molecular weight excluding hydrogens is 248 g/mol. The van der Waals surface area contributed by atoms with Gasteiger partial charge in [0.2, 0.25) is 0 Å². The molecule has 0 aliphatic rings. The van der Waals surface area contributed by atoms with Crippen molar-refractivity contribution in [2.24, 2.45) is 0 Å². The molecule has 0 unspecified atom stereocenters. The van der Waals surface area contributed by atoms with E-state index in [1.807, 2.05) is 56.4 Å². The average molecular weight is 266 g/mol. The number of nitrogens with zero attached hydrogens (tertiary/aromatic N) is 1. The molecule has 102 valence electrons. The molecule has 0 saturated heterocycles. The Bertz CT molecular complexity index is 612. The van der Waals surface area contributed by atoms with Crippen molar-refractivity contribution >= 4 is 0 Å². The molecule has 0 saturated carbocycles. The molecule has 2 aromatic rings. The van der Waals surface area contributed by atoms with Crippen molar-refractivity contribution in [1.82, 2.24) is 10.3 Å². The lowest BCUT2D eigenvalue weighted by Crippen LogP contribution is -2.10. The van der Waals surface area contributed by atoms with Crippen molar-refractivity contribution in [2.45, 2.75) is 13.5 Å². The minimum absolute atomic E-state index is 0.357. The molecule has 1 heterocycles. The summed E-state index contributed by atoms with van der Waals surface area (Å²) in [6, 6.07) is 13.8. The van der Waals surface area contributed by atoms with Gasteiger partial charge >= 0.3 is 0 Å². The highest BCUT2D eigenvalue weighted by Gasteiger charge is 2.04. The lowest BCUT2D eigenvalue weighted by Gasteiger charge is -2.09. The van der Waals surface area contributed by atoms with E-state index in [2.05, 4.69) is 22.1 Å². The fraction of sp³-hybridized carbons (Fsp3) is 0.235. The van der Waals surface area contributed by atoms with Gasteiger partial charge in [0.1, 0.15) is 12.4 Å². The van der Waals surface area contributed by atoms with Crippen molar-refractivity contribution < 1.29 is 4.74 Å². The van der Waals surface area contributed by atoms with Crippen molar-refractivity contribution in [3.05, 3.63) is 59.4 Å². The van der Waals surface area contributed by atoms with E-state index in [0.717, 1.165) is 22.7 Å². The summed E-state index contributed by atoms with van der Waals surface area (Å²) in [4.78, 5) is 4.46. The second-order valence-corrected chi connectivity index (χ2v) is 4.38. The first-order chi connectivity index (χ1) is 9.79. The smallest absolute Gasteiger partial charge is 0.149 e. The first-order valence-corrected chi connectivity index (χ1v) is 6.57. The van der Waals surface area contributed by atoms with E-state index in [9.17, 15) is 0 Å². The van der Waals surface area contributed by atoms with Crippen LogP contribution in [0.25, 0.3) is 0 Å². The molecule has 0 atom stereocenters. The second kappa shape index (κ2) is 7.32. The quantitative estimate of drug-likeness (QED) is 0.864. The molecule has 0 amide bonds. The number of hydrogen-bond acceptors (Lipinski definition) is 3. The Morgan fingerprint density at radius 2 is 1.95 bits per heavy atom. The molecule has 0 aliphatic heterocycles. The third-order valence-corrected chi connectivity index (χ3v) is 2.72. The minimum atomic E-state index is 0.357. The van der Waals surface area contributed by atoms with Gasteiger partial charge in [0.25, 0.3) is 0 Å². The van der Waals surface area contributed by atoms with Crippen LogP contribution < -0.4 is 10.1 Å². The number of rotatable bonds is 4. The van der Waals surface area contributed by atoms with E-state index >= 15 is 0 Å². The van der Waals surface area contributed by atoms with Gasteiger partial charge in [-0.05, 0) is 38.2 Å². The molecule has 3 nitrogen and oxygen atoms in total. The molecule has 0 spiro atoms. The Balaban J connectivity index is 1.99. The van der Waals surface area contributed by atoms with Crippen molar-refractivity contribution in [3.8, 4) is 17.6 Å². The maximum Gasteiger partial charge on any atom is 0.149 e. The third kappa shape index (κ3) is 4.11. The molecule has 20 heavy (non-hydrogen) atoms. The zero-order valence-corrected chi connectivity index (χ0v) is 11.8. The van der Waals surface area contributed by atoms with E-state index in [0.29, 0.717) is 13.2 Å². The monoisotopic (exact) mass is 266 g/mol. The van der Waals surface area contributed by atoms with Crippen LogP contribution >= 0.6 is 0 Å². The normalized spacial score (nSPS) is 9.70. The molecule has 3 heteroatoms. The van der Waals surface area contributed by atoms with Crippen LogP contribution in [0.5, 0.6) is 5.75 Å². The Kier molecular flexibility index (Phi) is 5.16. The number of aromatic nitrogens is 1. The van der Waals surface area contributed by atoms with Crippen LogP contribution in [0.4, 0.5) is 0 Å². The lowest BCUT2D eigenvalue weighted by atomic mass is 10.2. The molecule has 0 bridgehead atoms. The van der Waals surface area contributed by atoms with Gasteiger partial charge in [0, 0.05) is 17.8 Å². The van der Waals surface area contributed by atoms with Gasteiger partial charge in [-0.25, -0.2) is 0 Å². The molecular formula is C17H18N2O. The van der Waals surface area contributed by atoms with E-state index in [1.54, 1.807) is 0 Å². The van der Waals surface area contributed by atoms with Crippen LogP contribution in [0.3, 0.4) is 0 Å². The SMILES string of the molecule is CNCc1nc(C)ccc1OCC#Cc1ccccc1. The number of ether oxygens (including phenoxy) is 1. The summed E-state index contributed by atoms with van der Waals surface area (Å²) in [5.74, 6) is 6.86. The summed E-state index contributed by atoms with van der Waals surface area (Å²) < 4.78 is 5.69. The molecule has 0 radical (unpaired) electrons. The summed E-state index contributed by atoms with van der Waals surface area (Å²) >= 11 is 0. The molecule has 0 fully saturated rings. The highest BCUT2D eigenvalue weighted by Crippen LogP contribution is 2.16. The molecule has 2 rings (SSSR count). The number of aryl methyl sites for hydroxylation is 1. The fourth-order valence-corrected chi connectivity index (χ4v) is 1.80. The standard InChI is InChI=1S/C17H18N2O/c1-14-10-11-17(16(19-14)13-18-2)20-12-6-9-15-7-4-3-5-8-15/h3-5,7-8,10-11,18H,12-13H2,1-2H3. The summed E-state index contributed by atoms with van der Waals surface area (Å²) in [7, 11) is 1.89. The average Bonchev–Trinajstić information content (AvgIpc) is 2.47. The molecule has 1 aromatic carbocycles. The zero-order valence-electron chi connectivity index (χ0n) is 11.8. The highest BCUT2D eigenvalue weighted by atomic mass is 16.5. The zero-order chi connectivity index (χ0) is 14.2. The van der Waals surface area contributed by atoms with Crippen LogP contribution in [0, 0.1) is 18.8 Å². The largest absolute Gasteiger partial charge is 0.479 e. The predicted molar refractivity (Wildman–Crippen MR) is 80.6 cm³/mol. The Morgan fingerprint density at radius 3 is 2.70 bits per heavy atom. The first-order valence-electron chi connectivity index (χ1n) is 6.57. The van der Waals surface area contributed by atoms with Crippen LogP contribution in [-0.2, 0) is 6.54 Å². The fourth-order valence-electron chi connectivity index (χ4n) is 1.80. The van der Waals surface area contributed by atoms with E-state index in [4.69, 9.17) is 4.74 Å². The van der Waals surface area contributed by atoms with Crippen LogP contribution in [0.2, 0.25) is 0 Å². The van der Waals surface area contributed by atoms with Crippen LogP contribution in [0.15, 0.2) is 42.5 Å². The van der Waals surface area contributed by atoms with Gasteiger partial charge in [-0.1, -0.05) is 30.0 Å². The van der Waals surface area contributed by atoms with E-state index < -0.39 is 0 Å². The third-order valence-electron chi connectivity index (χ3n) is 2.72. The van der Waals surface area contributed by atoms with Gasteiger partial charge in [-0.3, -0.25) is 4.98 Å². The summed E-state index contributed by atoms with van der Waals surface area (Å²) in [5.41, 5.74) is 2.89. The number of pyridine rings is 1. The van der Waals surface area contributed by atoms with E-state index in [1.165, 1.54) is 0 Å². The van der Waals surface area contributed by atoms with Crippen LogP contribution in [0.1, 0.15) is 17.0 Å². The lowest BCUT2D eigenvalue weighted by molar-refractivity contribution is 0.362. The Morgan fingerprint density at radius 1 is 1.15 bits per heavy atom. The maximum atomic E-state index is 5.69. The van der Waals surface area contributed by atoms with Gasteiger partial charge in [0.15, 0.2) is 0 Å². The molecule has 0 aliphatic carbocycles. The number of hydrogen-bond donors (Lipinski definition) is 1. The number of benzene rings is 1. The summed E-state index contributed by atoms with van der Waals surface area (Å²) in [5, 5.41) is 3.09. The van der Waals surface area contributed by atoms with Crippen LogP contribution in [-0.4, -0.2) is 18.6 Å². The molecule has 1 aromatic heterocycles. The molecule has 1 N–H and O–H groups in total. The minimum Gasteiger partial charge on any atom is -0.479 e. The summed E-state index contributed by atoms with van der Waals surface area (Å²) in [6.07, 6.45) is 0. The van der Waals surface area contributed by atoms with Crippen molar-refractivity contribution in [3.63, 3.8) is 0 Å². The maximum absolute atomic E-state index is 5.69. The number of nitrogens with one attached hydrogen (secondary N) is 1. The highest BCUT2D eigenvalue weighted by molar-refractivity contribution is 5.34. The first kappa shape index (κ1) is 14.1. The van der Waals surface area contributed by atoms with Gasteiger partial charge in [-0.15, -0.1) is 0 Å². The Hall–Kier alpha value is -2.31. The predicted octanol–water partition coefficient (Wildman–Crippen LogP) is 2.54. The summed E-state index contributed by atoms with van der Waals surface area (Å²) in [6.45, 7) is 3.01. The van der Waals surface area contributed by atoms with E-state index in [-0.39, 0.29) is 0 Å². The topological polar surface area (TPSA) is 34.2 Å². The Labute approximate surface area is 120 Å².